The number of aryl methyl sites for hydroxylation is 1. The fourth-order valence-electron chi connectivity index (χ4n) is 9.18. The molecule has 0 radical (unpaired) electrons. The van der Waals surface area contributed by atoms with Crippen molar-refractivity contribution in [2.24, 2.45) is 0 Å². The minimum absolute atomic E-state index is 0.471. The molecule has 0 fully saturated rings. The summed E-state index contributed by atoms with van der Waals surface area (Å²) in [5.74, 6) is 0.963. The zero-order chi connectivity index (χ0) is 30.9. The van der Waals surface area contributed by atoms with Crippen LogP contribution in [0.15, 0.2) is 145 Å². The zero-order valence-corrected chi connectivity index (χ0v) is 26.6. The Morgan fingerprint density at radius 2 is 1.34 bits per heavy atom. The minimum atomic E-state index is -0.732. The molecule has 1 spiro atoms. The van der Waals surface area contributed by atoms with Gasteiger partial charge in [0.1, 0.15) is 5.75 Å². The third-order valence-electron chi connectivity index (χ3n) is 11.0. The highest BCUT2D eigenvalue weighted by atomic mass is 32.1. The molecular formula is C45H28OS. The Labute approximate surface area is 277 Å². The normalized spacial score (nSPS) is 17.8. The molecule has 1 aromatic heterocycles. The van der Waals surface area contributed by atoms with Gasteiger partial charge in [-0.3, -0.25) is 0 Å². The van der Waals surface area contributed by atoms with E-state index < -0.39 is 11.0 Å². The molecule has 2 aliphatic carbocycles. The standard InChI is InChI=1S/C45H28OS/c1-27-19-22-31-34(26-27)43-33(23-24-44(46-43,38-18-9-25-47-38)30-12-3-2-4-13-30)42-41(31)32-14-5-6-15-35(32)45(42)36-16-7-10-28-20-21-29-11-8-17-37(45)40(29)39(28)36/h2-26H,1H3. The van der Waals surface area contributed by atoms with Crippen molar-refractivity contribution in [1.82, 2.24) is 0 Å². The zero-order valence-electron chi connectivity index (χ0n) is 25.8. The van der Waals surface area contributed by atoms with Crippen LogP contribution in [0, 0.1) is 6.92 Å². The summed E-state index contributed by atoms with van der Waals surface area (Å²) in [7, 11) is 0. The van der Waals surface area contributed by atoms with Gasteiger partial charge in [-0.1, -0.05) is 133 Å². The first-order valence-corrected chi connectivity index (χ1v) is 17.2. The molecule has 0 saturated heterocycles. The number of rotatable bonds is 2. The molecule has 1 aliphatic heterocycles. The van der Waals surface area contributed by atoms with Crippen LogP contribution >= 0.6 is 11.3 Å². The van der Waals surface area contributed by atoms with Gasteiger partial charge >= 0.3 is 0 Å². The molecule has 0 amide bonds. The molecule has 0 saturated carbocycles. The van der Waals surface area contributed by atoms with E-state index >= 15 is 0 Å². The number of fused-ring (bicyclic) bond motifs is 12. The summed E-state index contributed by atoms with van der Waals surface area (Å²) < 4.78 is 7.59. The van der Waals surface area contributed by atoms with E-state index in [0.29, 0.717) is 0 Å². The van der Waals surface area contributed by atoms with Crippen molar-refractivity contribution in [3.05, 3.63) is 189 Å². The lowest BCUT2D eigenvalue weighted by Crippen LogP contribution is -2.34. The summed E-state index contributed by atoms with van der Waals surface area (Å²) in [6.07, 6.45) is 4.71. The number of hydrogen-bond acceptors (Lipinski definition) is 2. The summed E-state index contributed by atoms with van der Waals surface area (Å²) in [6, 6.07) is 49.5. The van der Waals surface area contributed by atoms with Crippen LogP contribution in [0.25, 0.3) is 49.5 Å². The lowest BCUT2D eigenvalue weighted by Gasteiger charge is -2.38. The van der Waals surface area contributed by atoms with Crippen molar-refractivity contribution in [3.8, 4) is 16.9 Å². The monoisotopic (exact) mass is 616 g/mol. The van der Waals surface area contributed by atoms with E-state index in [2.05, 4.69) is 158 Å². The third-order valence-corrected chi connectivity index (χ3v) is 11.9. The molecule has 1 nitrogen and oxygen atoms in total. The van der Waals surface area contributed by atoms with Gasteiger partial charge in [-0.15, -0.1) is 11.3 Å². The fraction of sp³-hybridized carbons (Fsp3) is 0.0667. The van der Waals surface area contributed by atoms with Crippen LogP contribution in [0.5, 0.6) is 5.75 Å². The molecule has 11 rings (SSSR count). The Bertz CT molecular complexity index is 2600. The van der Waals surface area contributed by atoms with E-state index in [0.717, 1.165) is 11.3 Å². The van der Waals surface area contributed by atoms with Gasteiger partial charge < -0.3 is 4.74 Å². The molecule has 8 aromatic rings. The van der Waals surface area contributed by atoms with Crippen molar-refractivity contribution in [1.29, 1.82) is 0 Å². The molecule has 47 heavy (non-hydrogen) atoms. The van der Waals surface area contributed by atoms with Gasteiger partial charge in [-0.25, -0.2) is 0 Å². The molecular weight excluding hydrogens is 589 g/mol. The van der Waals surface area contributed by atoms with E-state index in [-0.39, 0.29) is 0 Å². The summed E-state index contributed by atoms with van der Waals surface area (Å²) in [6.45, 7) is 2.19. The second-order valence-corrected chi connectivity index (χ2v) is 14.2. The second kappa shape index (κ2) is 8.88. The maximum Gasteiger partial charge on any atom is 0.187 e. The summed E-state index contributed by atoms with van der Waals surface area (Å²) in [5, 5.41) is 9.90. The number of benzene rings is 7. The first-order chi connectivity index (χ1) is 23.2. The van der Waals surface area contributed by atoms with Crippen molar-refractivity contribution < 1.29 is 4.74 Å². The Balaban J connectivity index is 1.34. The fourth-order valence-corrected chi connectivity index (χ4v) is 10.0. The largest absolute Gasteiger partial charge is 0.471 e. The smallest absolute Gasteiger partial charge is 0.187 e. The summed E-state index contributed by atoms with van der Waals surface area (Å²) in [5.41, 5.74) is 10.4. The van der Waals surface area contributed by atoms with E-state index in [1.807, 2.05) is 0 Å². The lowest BCUT2D eigenvalue weighted by molar-refractivity contribution is 0.167. The SMILES string of the molecule is Cc1ccc2c3c(c4c(c2c1)OC(c1ccccc1)(c1cccs1)C=C4)C1(c2ccccc2-3)c2cccc3ccc4cccc1c4c23. The third kappa shape index (κ3) is 3.01. The van der Waals surface area contributed by atoms with Crippen LogP contribution in [0.2, 0.25) is 0 Å². The first kappa shape index (κ1) is 25.7. The maximum absolute atomic E-state index is 7.59. The van der Waals surface area contributed by atoms with E-state index in [1.54, 1.807) is 11.3 Å². The summed E-state index contributed by atoms with van der Waals surface area (Å²) in [4.78, 5) is 1.17. The molecule has 2 heteroatoms. The maximum atomic E-state index is 7.59. The molecule has 0 N–H and O–H groups in total. The molecule has 1 unspecified atom stereocenters. The van der Waals surface area contributed by atoms with Gasteiger partial charge in [0.05, 0.1) is 10.3 Å². The molecule has 0 bridgehead atoms. The Hall–Kier alpha value is -5.44. The molecule has 220 valence electrons. The van der Waals surface area contributed by atoms with Crippen LogP contribution in [0.4, 0.5) is 0 Å². The molecule has 2 heterocycles. The van der Waals surface area contributed by atoms with Gasteiger partial charge in [0.25, 0.3) is 0 Å². The topological polar surface area (TPSA) is 9.23 Å². The highest BCUT2D eigenvalue weighted by Gasteiger charge is 2.54. The van der Waals surface area contributed by atoms with Crippen molar-refractivity contribution in [3.63, 3.8) is 0 Å². The van der Waals surface area contributed by atoms with Crippen molar-refractivity contribution in [2.45, 2.75) is 17.9 Å². The summed E-state index contributed by atoms with van der Waals surface area (Å²) >= 11 is 1.75. The predicted molar refractivity (Wildman–Crippen MR) is 196 cm³/mol. The number of thiophene rings is 1. The molecule has 7 aromatic carbocycles. The van der Waals surface area contributed by atoms with Crippen LogP contribution in [0.1, 0.15) is 43.8 Å². The van der Waals surface area contributed by atoms with E-state index in [4.69, 9.17) is 4.74 Å². The minimum Gasteiger partial charge on any atom is -0.471 e. The van der Waals surface area contributed by atoms with Crippen LogP contribution in [-0.2, 0) is 11.0 Å². The van der Waals surface area contributed by atoms with E-state index in [1.165, 1.54) is 81.7 Å². The first-order valence-electron chi connectivity index (χ1n) is 16.3. The van der Waals surface area contributed by atoms with Gasteiger partial charge in [0, 0.05) is 16.5 Å². The van der Waals surface area contributed by atoms with E-state index in [9.17, 15) is 0 Å². The van der Waals surface area contributed by atoms with Crippen molar-refractivity contribution in [2.75, 3.05) is 0 Å². The number of ether oxygens (including phenoxy) is 1. The molecule has 3 aliphatic rings. The highest BCUT2D eigenvalue weighted by Crippen LogP contribution is 2.66. The van der Waals surface area contributed by atoms with Crippen LogP contribution < -0.4 is 4.74 Å². The average Bonchev–Trinajstić information content (AvgIpc) is 3.85. The average molecular weight is 617 g/mol. The Morgan fingerprint density at radius 1 is 0.617 bits per heavy atom. The quantitative estimate of drug-likeness (QED) is 0.176. The van der Waals surface area contributed by atoms with Crippen LogP contribution in [0.3, 0.4) is 0 Å². The van der Waals surface area contributed by atoms with Crippen molar-refractivity contribution >= 4 is 49.7 Å². The Kier molecular flexibility index (Phi) is 4.86. The number of hydrogen-bond donors (Lipinski definition) is 0. The van der Waals surface area contributed by atoms with Gasteiger partial charge in [-0.05, 0) is 90.8 Å². The predicted octanol–water partition coefficient (Wildman–Crippen LogP) is 11.5. The van der Waals surface area contributed by atoms with Gasteiger partial charge in [0.2, 0.25) is 0 Å². The molecule has 1 atom stereocenters. The van der Waals surface area contributed by atoms with Crippen LogP contribution in [-0.4, -0.2) is 0 Å². The van der Waals surface area contributed by atoms with Gasteiger partial charge in [-0.2, -0.15) is 0 Å². The second-order valence-electron chi connectivity index (χ2n) is 13.2. The van der Waals surface area contributed by atoms with Gasteiger partial charge in [0.15, 0.2) is 5.60 Å². The Morgan fingerprint density at radius 3 is 2.09 bits per heavy atom. The lowest BCUT2D eigenvalue weighted by atomic mass is 9.68. The highest BCUT2D eigenvalue weighted by molar-refractivity contribution is 7.10.